The molecule has 3 aliphatic rings. The number of aryl methyl sites for hydroxylation is 1. The fourth-order valence-corrected chi connectivity index (χ4v) is 13.1. The van der Waals surface area contributed by atoms with E-state index in [1.54, 1.807) is 35.2 Å². The summed E-state index contributed by atoms with van der Waals surface area (Å²) in [5.74, 6) is -1.19. The maximum atomic E-state index is 13.3. The summed E-state index contributed by atoms with van der Waals surface area (Å²) in [6.45, 7) is 7.36. The maximum absolute atomic E-state index is 13.3. The Hall–Kier alpha value is -4.27. The van der Waals surface area contributed by atoms with Gasteiger partial charge in [0.25, 0.3) is 5.91 Å². The first-order valence-corrected chi connectivity index (χ1v) is 26.0. The number of carboxylic acids is 1. The Morgan fingerprint density at radius 1 is 0.567 bits per heavy atom. The molecule has 3 aliphatic heterocycles. The molecule has 9 rings (SSSR count). The van der Waals surface area contributed by atoms with Gasteiger partial charge in [-0.05, 0) is 98.1 Å². The monoisotopic (exact) mass is 1050 g/mol. The molecule has 0 spiro atoms. The van der Waals surface area contributed by atoms with Crippen LogP contribution < -0.4 is 9.80 Å². The molecule has 0 atom stereocenters. The molecule has 356 valence electrons. The number of rotatable bonds is 8. The number of ether oxygens (including phenoxy) is 1. The third-order valence-corrected chi connectivity index (χ3v) is 17.5. The topological polar surface area (TPSA) is 174 Å². The van der Waals surface area contributed by atoms with E-state index in [0.29, 0.717) is 110 Å². The quantitative estimate of drug-likeness (QED) is 0.153. The third kappa shape index (κ3) is 10.4. The molecule has 4 aromatic carbocycles. The van der Waals surface area contributed by atoms with E-state index in [4.69, 9.17) is 71.6 Å². The highest BCUT2D eigenvalue weighted by Crippen LogP contribution is 2.38. The molecule has 0 radical (unpaired) electrons. The summed E-state index contributed by atoms with van der Waals surface area (Å²) >= 11 is 31.1. The molecule has 0 saturated carbocycles. The Balaban J connectivity index is 0.000000184. The van der Waals surface area contributed by atoms with Gasteiger partial charge in [0.1, 0.15) is 21.0 Å². The van der Waals surface area contributed by atoms with Gasteiger partial charge in [0, 0.05) is 92.0 Å². The SMILES string of the molecule is Cc1c(N2CCCN(S(=O)(=O)c3cc(Cl)ccc3Cl)CC2)ccc2oc(C(=O)O)cc12.O=C(c1cc2c(Cl)c(N3CCCN(S(=O)(=O)c4cc(Cl)ccc4Cl)CC3)ccc2o1)N1CCOCC1. The molecule has 5 heterocycles. The predicted molar refractivity (Wildman–Crippen MR) is 260 cm³/mol. The van der Waals surface area contributed by atoms with E-state index >= 15 is 0 Å². The normalized spacial score (nSPS) is 17.0. The van der Waals surface area contributed by atoms with Crippen molar-refractivity contribution in [3.05, 3.63) is 115 Å². The second kappa shape index (κ2) is 20.4. The fraction of sp³-hybridized carbons (Fsp3) is 0.333. The summed E-state index contributed by atoms with van der Waals surface area (Å²) in [6, 6.07) is 19.3. The van der Waals surface area contributed by atoms with Crippen molar-refractivity contribution in [2.75, 3.05) is 88.5 Å². The minimum absolute atomic E-state index is 0.000398. The van der Waals surface area contributed by atoms with Crippen LogP contribution in [0.1, 0.15) is 39.5 Å². The van der Waals surface area contributed by atoms with Crippen LogP contribution in [0.4, 0.5) is 11.4 Å². The number of anilines is 2. The van der Waals surface area contributed by atoms with Crippen molar-refractivity contribution in [2.24, 2.45) is 0 Å². The van der Waals surface area contributed by atoms with Crippen LogP contribution >= 0.6 is 58.0 Å². The molecule has 22 heteroatoms. The van der Waals surface area contributed by atoms with Gasteiger partial charge >= 0.3 is 5.97 Å². The molecule has 0 aliphatic carbocycles. The molecule has 2 aromatic heterocycles. The number of hydrogen-bond donors (Lipinski definition) is 1. The van der Waals surface area contributed by atoms with E-state index in [1.165, 1.54) is 38.9 Å². The van der Waals surface area contributed by atoms with Gasteiger partial charge in [0.15, 0.2) is 5.76 Å². The van der Waals surface area contributed by atoms with Crippen molar-refractivity contribution in [3.8, 4) is 0 Å². The maximum Gasteiger partial charge on any atom is 0.371 e. The summed E-state index contributed by atoms with van der Waals surface area (Å²) in [7, 11) is -7.60. The van der Waals surface area contributed by atoms with Crippen LogP contribution in [0.5, 0.6) is 0 Å². The van der Waals surface area contributed by atoms with Crippen molar-refractivity contribution < 1.29 is 45.1 Å². The van der Waals surface area contributed by atoms with Gasteiger partial charge in [-0.3, -0.25) is 4.79 Å². The second-order valence-electron chi connectivity index (χ2n) is 16.0. The van der Waals surface area contributed by atoms with Gasteiger partial charge in [0.05, 0.1) is 34.0 Å². The minimum Gasteiger partial charge on any atom is -0.475 e. The second-order valence-corrected chi connectivity index (χ2v) is 21.9. The Bertz CT molecular complexity index is 3090. The molecule has 1 N–H and O–H groups in total. The summed E-state index contributed by atoms with van der Waals surface area (Å²) < 4.78 is 72.2. The smallest absolute Gasteiger partial charge is 0.371 e. The van der Waals surface area contributed by atoms with E-state index in [2.05, 4.69) is 4.90 Å². The first-order chi connectivity index (χ1) is 31.9. The highest BCUT2D eigenvalue weighted by atomic mass is 35.5. The average molecular weight is 1060 g/mol. The molecule has 6 aromatic rings. The van der Waals surface area contributed by atoms with Crippen LogP contribution in [-0.4, -0.2) is 126 Å². The largest absolute Gasteiger partial charge is 0.475 e. The van der Waals surface area contributed by atoms with E-state index in [-0.39, 0.29) is 50.4 Å². The number of carboxylic acid groups (broad SMARTS) is 1. The Labute approximate surface area is 412 Å². The van der Waals surface area contributed by atoms with Crippen LogP contribution in [0.2, 0.25) is 25.1 Å². The van der Waals surface area contributed by atoms with Crippen molar-refractivity contribution in [1.82, 2.24) is 13.5 Å². The van der Waals surface area contributed by atoms with Crippen molar-refractivity contribution in [3.63, 3.8) is 0 Å². The number of hydrogen-bond acceptors (Lipinski definition) is 11. The van der Waals surface area contributed by atoms with E-state index in [0.717, 1.165) is 22.3 Å². The lowest BCUT2D eigenvalue weighted by molar-refractivity contribution is 0.0284. The highest BCUT2D eigenvalue weighted by Gasteiger charge is 2.32. The number of furan rings is 2. The van der Waals surface area contributed by atoms with E-state index in [1.807, 2.05) is 24.0 Å². The Morgan fingerprint density at radius 3 is 1.61 bits per heavy atom. The lowest BCUT2D eigenvalue weighted by Gasteiger charge is -2.25. The van der Waals surface area contributed by atoms with Crippen molar-refractivity contribution >= 4 is 123 Å². The van der Waals surface area contributed by atoms with Crippen LogP contribution in [0.15, 0.2) is 91.4 Å². The predicted octanol–water partition coefficient (Wildman–Crippen LogP) is 9.41. The fourth-order valence-electron chi connectivity index (χ4n) is 8.40. The molecule has 3 saturated heterocycles. The van der Waals surface area contributed by atoms with Gasteiger partial charge in [0.2, 0.25) is 25.8 Å². The van der Waals surface area contributed by atoms with Gasteiger partial charge in [-0.2, -0.15) is 8.61 Å². The summed E-state index contributed by atoms with van der Waals surface area (Å²) in [5, 5.41) is 11.9. The summed E-state index contributed by atoms with van der Waals surface area (Å²) in [4.78, 5) is 29.9. The number of benzene rings is 4. The molecular formula is C45H44Cl5N5O10S2. The number of morpholine rings is 1. The Morgan fingerprint density at radius 2 is 1.06 bits per heavy atom. The average Bonchev–Trinajstić information content (AvgIpc) is 3.77. The van der Waals surface area contributed by atoms with Crippen molar-refractivity contribution in [1.29, 1.82) is 0 Å². The zero-order chi connectivity index (χ0) is 47.8. The number of halogens is 5. The summed E-state index contributed by atoms with van der Waals surface area (Å²) in [5.41, 5.74) is 3.60. The molecule has 0 unspecified atom stereocenters. The van der Waals surface area contributed by atoms with Crippen molar-refractivity contribution in [2.45, 2.75) is 29.6 Å². The minimum atomic E-state index is -3.81. The van der Waals surface area contributed by atoms with Gasteiger partial charge in [-0.1, -0.05) is 58.0 Å². The van der Waals surface area contributed by atoms with E-state index in [9.17, 15) is 31.5 Å². The lowest BCUT2D eigenvalue weighted by atomic mass is 10.1. The third-order valence-electron chi connectivity index (χ3n) is 11.9. The summed E-state index contributed by atoms with van der Waals surface area (Å²) in [6.07, 6.45) is 1.22. The highest BCUT2D eigenvalue weighted by molar-refractivity contribution is 7.89. The molecular weight excluding hydrogens is 1010 g/mol. The van der Waals surface area contributed by atoms with Crippen LogP contribution in [0, 0.1) is 6.92 Å². The van der Waals surface area contributed by atoms with Gasteiger partial charge < -0.3 is 33.4 Å². The molecule has 0 bridgehead atoms. The number of carbonyl (C=O) groups is 2. The zero-order valence-corrected chi connectivity index (χ0v) is 41.3. The Kier molecular flexibility index (Phi) is 14.9. The number of carbonyl (C=O) groups excluding carboxylic acids is 1. The molecule has 15 nitrogen and oxygen atoms in total. The van der Waals surface area contributed by atoms with E-state index < -0.39 is 26.0 Å². The zero-order valence-electron chi connectivity index (χ0n) is 35.9. The van der Waals surface area contributed by atoms with Gasteiger partial charge in [-0.15, -0.1) is 0 Å². The van der Waals surface area contributed by atoms with Crippen LogP contribution in [0.3, 0.4) is 0 Å². The van der Waals surface area contributed by atoms with Gasteiger partial charge in [-0.25, -0.2) is 21.6 Å². The number of nitrogens with zero attached hydrogens (tertiary/aromatic N) is 5. The standard InChI is InChI=1S/C24H24Cl3N3O5S.C21H20Cl2N2O5S/c25-16-2-3-18(26)22(14-16)36(32,33)30-7-1-6-28(8-9-30)19-4-5-20-17(23(19)27)15-21(35-20)24(31)29-10-12-34-13-11-29;1-13-15-12-19(21(26)27)30-18(15)6-5-17(13)24-7-2-8-25(10-9-24)31(28,29)20-11-14(22)3-4-16(20)23/h2-5,14-15H,1,6-13H2;3-6,11-12H,2,7-10H2,1H3,(H,26,27). The number of amides is 1. The molecule has 67 heavy (non-hydrogen) atoms. The first kappa shape index (κ1) is 49.2. The number of aromatic carboxylic acids is 1. The lowest BCUT2D eigenvalue weighted by Crippen LogP contribution is -2.40. The number of fused-ring (bicyclic) bond motifs is 2. The van der Waals surface area contributed by atoms with Crippen LogP contribution in [0.25, 0.3) is 21.9 Å². The number of sulfonamides is 2. The molecule has 1 amide bonds. The molecule has 3 fully saturated rings. The van der Waals surface area contributed by atoms with Crippen LogP contribution in [-0.2, 0) is 24.8 Å². The first-order valence-electron chi connectivity index (χ1n) is 21.2.